The second-order valence-corrected chi connectivity index (χ2v) is 5.84. The van der Waals surface area contributed by atoms with Gasteiger partial charge in [-0.05, 0) is 44.8 Å². The molecule has 21 heavy (non-hydrogen) atoms. The third kappa shape index (κ3) is 4.86. The number of nitrogens with two attached hydrogens (primary N) is 1. The van der Waals surface area contributed by atoms with Gasteiger partial charge in [0.1, 0.15) is 0 Å². The van der Waals surface area contributed by atoms with Crippen molar-refractivity contribution < 1.29 is 0 Å². The molecule has 0 bridgehead atoms. The zero-order valence-electron chi connectivity index (χ0n) is 13.1. The van der Waals surface area contributed by atoms with Gasteiger partial charge in [-0.3, -0.25) is 5.32 Å². The Kier molecular flexibility index (Phi) is 6.25. The smallest absolute Gasteiger partial charge is 0.0581 e. The van der Waals surface area contributed by atoms with Gasteiger partial charge in [-0.15, -0.1) is 5.92 Å². The monoisotopic (exact) mass is 285 g/mol. The first kappa shape index (κ1) is 16.0. The summed E-state index contributed by atoms with van der Waals surface area (Å²) in [6.07, 6.45) is 3.36. The highest BCUT2D eigenvalue weighted by molar-refractivity contribution is 5.15. The summed E-state index contributed by atoms with van der Waals surface area (Å²) >= 11 is 0. The molecule has 0 spiro atoms. The highest BCUT2D eigenvalue weighted by Gasteiger charge is 2.32. The molecule has 2 rings (SSSR count). The van der Waals surface area contributed by atoms with Crippen LogP contribution in [0, 0.1) is 11.8 Å². The molecule has 0 amide bonds. The highest BCUT2D eigenvalue weighted by Crippen LogP contribution is 2.21. The second-order valence-electron chi connectivity index (χ2n) is 5.84. The molecule has 114 valence electrons. The Morgan fingerprint density at radius 1 is 1.24 bits per heavy atom. The third-order valence-corrected chi connectivity index (χ3v) is 4.49. The molecule has 0 unspecified atom stereocenters. The van der Waals surface area contributed by atoms with Crippen molar-refractivity contribution in [3.63, 3.8) is 0 Å². The zero-order chi connectivity index (χ0) is 15.0. The first-order valence-electron chi connectivity index (χ1n) is 7.89. The summed E-state index contributed by atoms with van der Waals surface area (Å²) in [5, 5.41) is 3.55. The normalized spacial score (nSPS) is 18.0. The van der Waals surface area contributed by atoms with E-state index in [-0.39, 0.29) is 5.54 Å². The van der Waals surface area contributed by atoms with Crippen molar-refractivity contribution in [1.82, 2.24) is 10.2 Å². The molecule has 1 aliphatic rings. The number of hydrogen-bond acceptors (Lipinski definition) is 3. The summed E-state index contributed by atoms with van der Waals surface area (Å²) in [7, 11) is 0. The predicted molar refractivity (Wildman–Crippen MR) is 89.1 cm³/mol. The maximum Gasteiger partial charge on any atom is 0.0581 e. The van der Waals surface area contributed by atoms with Crippen molar-refractivity contribution >= 4 is 0 Å². The van der Waals surface area contributed by atoms with Crippen LogP contribution >= 0.6 is 0 Å². The lowest BCUT2D eigenvalue weighted by atomic mass is 9.87. The van der Waals surface area contributed by atoms with Crippen LogP contribution in [0.4, 0.5) is 0 Å². The maximum absolute atomic E-state index is 6.00. The van der Waals surface area contributed by atoms with E-state index < -0.39 is 0 Å². The van der Waals surface area contributed by atoms with Gasteiger partial charge in [-0.2, -0.15) is 0 Å². The van der Waals surface area contributed by atoms with Crippen LogP contribution in [0.1, 0.15) is 25.3 Å². The standard InChI is InChI=1S/C18H27N3/c1-2-3-12-20-18(16-19)10-14-21(15-11-18)13-9-17-7-5-4-6-8-17/h4-8,20H,9-16,19H2,1H3. The molecular formula is C18H27N3. The number of likely N-dealkylation sites (tertiary alicyclic amines) is 1. The van der Waals surface area contributed by atoms with Crippen molar-refractivity contribution in [3.05, 3.63) is 35.9 Å². The fourth-order valence-electron chi connectivity index (χ4n) is 2.91. The fourth-order valence-corrected chi connectivity index (χ4v) is 2.91. The van der Waals surface area contributed by atoms with Crippen LogP contribution in [0.25, 0.3) is 0 Å². The average molecular weight is 285 g/mol. The van der Waals surface area contributed by atoms with E-state index in [0.29, 0.717) is 6.54 Å². The molecule has 0 atom stereocenters. The molecule has 3 nitrogen and oxygen atoms in total. The minimum Gasteiger partial charge on any atom is -0.329 e. The average Bonchev–Trinajstić information content (AvgIpc) is 2.55. The Bertz CT molecular complexity index is 464. The first-order valence-corrected chi connectivity index (χ1v) is 7.89. The van der Waals surface area contributed by atoms with Crippen LogP contribution in [0.2, 0.25) is 0 Å². The van der Waals surface area contributed by atoms with Gasteiger partial charge in [0.05, 0.1) is 6.54 Å². The van der Waals surface area contributed by atoms with Crippen LogP contribution in [0.3, 0.4) is 0 Å². The predicted octanol–water partition coefficient (Wildman–Crippen LogP) is 1.64. The molecule has 1 aromatic carbocycles. The third-order valence-electron chi connectivity index (χ3n) is 4.49. The molecule has 1 fully saturated rings. The van der Waals surface area contributed by atoms with Gasteiger partial charge >= 0.3 is 0 Å². The van der Waals surface area contributed by atoms with Crippen molar-refractivity contribution in [3.8, 4) is 11.8 Å². The summed E-state index contributed by atoms with van der Waals surface area (Å²) in [5.41, 5.74) is 7.51. The van der Waals surface area contributed by atoms with Crippen molar-refractivity contribution in [1.29, 1.82) is 0 Å². The molecule has 0 aromatic heterocycles. The lowest BCUT2D eigenvalue weighted by molar-refractivity contribution is 0.144. The van der Waals surface area contributed by atoms with Crippen LogP contribution < -0.4 is 11.1 Å². The molecule has 3 heteroatoms. The van der Waals surface area contributed by atoms with Crippen molar-refractivity contribution in [2.75, 3.05) is 32.7 Å². The summed E-state index contributed by atoms with van der Waals surface area (Å²) in [6.45, 7) is 6.71. The summed E-state index contributed by atoms with van der Waals surface area (Å²) in [6, 6.07) is 10.7. The van der Waals surface area contributed by atoms with Crippen LogP contribution in [0.15, 0.2) is 30.3 Å². The van der Waals surface area contributed by atoms with E-state index in [1.54, 1.807) is 0 Å². The topological polar surface area (TPSA) is 41.3 Å². The van der Waals surface area contributed by atoms with Gasteiger partial charge in [-0.1, -0.05) is 36.3 Å². The minimum absolute atomic E-state index is 0.0904. The lowest BCUT2D eigenvalue weighted by Gasteiger charge is -2.41. The Balaban J connectivity index is 1.77. The van der Waals surface area contributed by atoms with E-state index in [1.807, 2.05) is 6.92 Å². The van der Waals surface area contributed by atoms with E-state index in [0.717, 1.165) is 45.4 Å². The van der Waals surface area contributed by atoms with Gasteiger partial charge in [0.2, 0.25) is 0 Å². The molecule has 0 radical (unpaired) electrons. The van der Waals surface area contributed by atoms with Crippen molar-refractivity contribution in [2.45, 2.75) is 31.7 Å². The summed E-state index contributed by atoms with van der Waals surface area (Å²) in [4.78, 5) is 2.55. The van der Waals surface area contributed by atoms with E-state index in [4.69, 9.17) is 5.73 Å². The summed E-state index contributed by atoms with van der Waals surface area (Å²) < 4.78 is 0. The Hall–Kier alpha value is -1.34. The van der Waals surface area contributed by atoms with Gasteiger partial charge in [-0.25, -0.2) is 0 Å². The lowest BCUT2D eigenvalue weighted by Crippen LogP contribution is -2.57. The molecule has 1 heterocycles. The van der Waals surface area contributed by atoms with E-state index in [1.165, 1.54) is 5.56 Å². The van der Waals surface area contributed by atoms with E-state index >= 15 is 0 Å². The first-order chi connectivity index (χ1) is 10.3. The highest BCUT2D eigenvalue weighted by atomic mass is 15.2. The SMILES string of the molecule is CC#CCNC1(CN)CCN(CCc2ccccc2)CC1. The van der Waals surface area contributed by atoms with Gasteiger partial charge in [0, 0.05) is 18.6 Å². The Labute approximate surface area is 128 Å². The summed E-state index contributed by atoms with van der Waals surface area (Å²) in [5.74, 6) is 6.01. The van der Waals surface area contributed by atoms with Gasteiger partial charge < -0.3 is 10.6 Å². The molecule has 3 N–H and O–H groups in total. The van der Waals surface area contributed by atoms with Crippen LogP contribution in [-0.4, -0.2) is 43.2 Å². The molecule has 0 saturated carbocycles. The van der Waals surface area contributed by atoms with Crippen LogP contribution in [-0.2, 0) is 6.42 Å². The van der Waals surface area contributed by atoms with Crippen molar-refractivity contribution in [2.24, 2.45) is 5.73 Å². The number of benzene rings is 1. The Morgan fingerprint density at radius 3 is 2.57 bits per heavy atom. The molecular weight excluding hydrogens is 258 g/mol. The van der Waals surface area contributed by atoms with Gasteiger partial charge in [0.15, 0.2) is 0 Å². The van der Waals surface area contributed by atoms with E-state index in [9.17, 15) is 0 Å². The number of piperidine rings is 1. The number of hydrogen-bond donors (Lipinski definition) is 2. The molecule has 1 aliphatic heterocycles. The number of nitrogens with one attached hydrogen (secondary N) is 1. The Morgan fingerprint density at radius 2 is 1.95 bits per heavy atom. The fraction of sp³-hybridized carbons (Fsp3) is 0.556. The molecule has 1 saturated heterocycles. The zero-order valence-corrected chi connectivity index (χ0v) is 13.1. The number of rotatable bonds is 6. The molecule has 1 aromatic rings. The maximum atomic E-state index is 6.00. The minimum atomic E-state index is 0.0904. The number of nitrogens with zero attached hydrogens (tertiary/aromatic N) is 1. The van der Waals surface area contributed by atoms with Gasteiger partial charge in [0.25, 0.3) is 0 Å². The van der Waals surface area contributed by atoms with Crippen LogP contribution in [0.5, 0.6) is 0 Å². The molecule has 0 aliphatic carbocycles. The largest absolute Gasteiger partial charge is 0.329 e. The second kappa shape index (κ2) is 8.19. The van der Waals surface area contributed by atoms with E-state index in [2.05, 4.69) is 52.4 Å². The quantitative estimate of drug-likeness (QED) is 0.781.